The smallest absolute Gasteiger partial charge is 0.258 e. The molecule has 0 fully saturated rings. The molecule has 0 spiro atoms. The monoisotopic (exact) mass is 351 g/mol. The Morgan fingerprint density at radius 2 is 2.10 bits per heavy atom. The van der Waals surface area contributed by atoms with Crippen LogP contribution in [0.15, 0.2) is 17.0 Å². The topological polar surface area (TPSA) is 113 Å². The van der Waals surface area contributed by atoms with Gasteiger partial charge in [-0.15, -0.1) is 0 Å². The van der Waals surface area contributed by atoms with E-state index in [1.807, 2.05) is 0 Å². The van der Waals surface area contributed by atoms with E-state index < -0.39 is 36.6 Å². The van der Waals surface area contributed by atoms with Gasteiger partial charge in [0.15, 0.2) is 0 Å². The maximum atomic E-state index is 12.2. The Hall–Kier alpha value is -1.40. The first-order valence-corrected chi connectivity index (χ1v) is 8.02. The quantitative estimate of drug-likeness (QED) is 0.625. The van der Waals surface area contributed by atoms with Crippen molar-refractivity contribution in [2.75, 3.05) is 0 Å². The third-order valence-corrected chi connectivity index (χ3v) is 4.85. The summed E-state index contributed by atoms with van der Waals surface area (Å²) in [6.07, 6.45) is 0.901. The van der Waals surface area contributed by atoms with Crippen LogP contribution < -0.4 is 4.72 Å². The van der Waals surface area contributed by atoms with Crippen molar-refractivity contribution in [1.29, 1.82) is 5.26 Å². The van der Waals surface area contributed by atoms with E-state index in [4.69, 9.17) is 28.5 Å². The van der Waals surface area contributed by atoms with Gasteiger partial charge >= 0.3 is 5.69 Å². The minimum atomic E-state index is -4.16. The number of nitrogens with one attached hydrogen (secondary N) is 1. The summed E-state index contributed by atoms with van der Waals surface area (Å²) in [6, 6.07) is 2.99. The SMILES string of the molecule is CCCC(C#N)NS(=O)(=O)c1ccc(Cl)c([N+](=O)[O-])c1Cl. The molecule has 1 unspecified atom stereocenters. The molecule has 1 N–H and O–H groups in total. The van der Waals surface area contributed by atoms with Crippen LogP contribution in [0.25, 0.3) is 0 Å². The second-order valence-corrected chi connectivity index (χ2v) is 6.52. The number of nitro groups is 1. The largest absolute Gasteiger partial charge is 0.307 e. The summed E-state index contributed by atoms with van der Waals surface area (Å²) in [5.74, 6) is 0. The lowest BCUT2D eigenvalue weighted by Crippen LogP contribution is -2.33. The highest BCUT2D eigenvalue weighted by Gasteiger charge is 2.29. The van der Waals surface area contributed by atoms with E-state index in [1.54, 1.807) is 13.0 Å². The molecule has 0 radical (unpaired) electrons. The highest BCUT2D eigenvalue weighted by atomic mass is 35.5. The van der Waals surface area contributed by atoms with Crippen LogP contribution in [0.3, 0.4) is 0 Å². The number of rotatable bonds is 6. The van der Waals surface area contributed by atoms with Crippen LogP contribution in [0.5, 0.6) is 0 Å². The maximum Gasteiger partial charge on any atom is 0.307 e. The first kappa shape index (κ1) is 17.7. The Morgan fingerprint density at radius 1 is 1.48 bits per heavy atom. The van der Waals surface area contributed by atoms with Gasteiger partial charge in [0.1, 0.15) is 21.0 Å². The average molecular weight is 352 g/mol. The zero-order valence-electron chi connectivity index (χ0n) is 10.8. The van der Waals surface area contributed by atoms with Crippen LogP contribution in [-0.2, 0) is 10.0 Å². The van der Waals surface area contributed by atoms with Crippen LogP contribution in [0.2, 0.25) is 10.0 Å². The molecule has 1 aromatic carbocycles. The van der Waals surface area contributed by atoms with Gasteiger partial charge in [-0.25, -0.2) is 8.42 Å². The molecule has 1 aromatic rings. The molecule has 0 bridgehead atoms. The molecule has 7 nitrogen and oxygen atoms in total. The standard InChI is InChI=1S/C11H11Cl2N3O4S/c1-2-3-7(6-14)15-21(19,20)9-5-4-8(12)11(10(9)13)16(17)18/h4-5,7,15H,2-3H2,1H3. The van der Waals surface area contributed by atoms with E-state index in [-0.39, 0.29) is 5.02 Å². The second kappa shape index (κ2) is 7.04. The zero-order valence-corrected chi connectivity index (χ0v) is 13.2. The van der Waals surface area contributed by atoms with Crippen molar-refractivity contribution < 1.29 is 13.3 Å². The predicted molar refractivity (Wildman–Crippen MR) is 77.7 cm³/mol. The molecule has 0 amide bonds. The van der Waals surface area contributed by atoms with E-state index >= 15 is 0 Å². The molecular formula is C11H11Cl2N3O4S. The summed E-state index contributed by atoms with van der Waals surface area (Å²) >= 11 is 11.4. The van der Waals surface area contributed by atoms with Gasteiger partial charge in [0.05, 0.1) is 11.0 Å². The normalized spacial score (nSPS) is 12.7. The Kier molecular flexibility index (Phi) is 5.92. The van der Waals surface area contributed by atoms with Gasteiger partial charge in [-0.05, 0) is 18.6 Å². The molecule has 1 atom stereocenters. The Bertz CT molecular complexity index is 700. The van der Waals surface area contributed by atoms with Crippen LogP contribution in [0, 0.1) is 21.4 Å². The molecular weight excluding hydrogens is 341 g/mol. The summed E-state index contributed by atoms with van der Waals surface area (Å²) < 4.78 is 26.5. The fraction of sp³-hybridized carbons (Fsp3) is 0.364. The number of benzene rings is 1. The first-order valence-electron chi connectivity index (χ1n) is 5.79. The van der Waals surface area contributed by atoms with Crippen molar-refractivity contribution in [2.24, 2.45) is 0 Å². The van der Waals surface area contributed by atoms with Crippen molar-refractivity contribution in [3.8, 4) is 6.07 Å². The maximum absolute atomic E-state index is 12.2. The van der Waals surface area contributed by atoms with E-state index in [1.165, 1.54) is 0 Å². The lowest BCUT2D eigenvalue weighted by molar-refractivity contribution is -0.384. The minimum Gasteiger partial charge on any atom is -0.258 e. The van der Waals surface area contributed by atoms with E-state index in [9.17, 15) is 18.5 Å². The summed E-state index contributed by atoms with van der Waals surface area (Å²) in [4.78, 5) is 9.52. The molecule has 0 aliphatic heterocycles. The van der Waals surface area contributed by atoms with Gasteiger partial charge < -0.3 is 0 Å². The summed E-state index contributed by atoms with van der Waals surface area (Å²) in [7, 11) is -4.16. The van der Waals surface area contributed by atoms with Gasteiger partial charge in [0, 0.05) is 0 Å². The number of halogens is 2. The molecule has 0 heterocycles. The van der Waals surface area contributed by atoms with Crippen LogP contribution in [-0.4, -0.2) is 19.4 Å². The molecule has 21 heavy (non-hydrogen) atoms. The van der Waals surface area contributed by atoms with Gasteiger partial charge in [-0.2, -0.15) is 9.98 Å². The highest BCUT2D eigenvalue weighted by Crippen LogP contribution is 2.37. The number of sulfonamides is 1. The molecule has 0 aromatic heterocycles. The van der Waals surface area contributed by atoms with Crippen molar-refractivity contribution >= 4 is 38.9 Å². The fourth-order valence-electron chi connectivity index (χ4n) is 1.59. The van der Waals surface area contributed by atoms with Crippen molar-refractivity contribution in [2.45, 2.75) is 30.7 Å². The third-order valence-electron chi connectivity index (χ3n) is 2.53. The fourth-order valence-corrected chi connectivity index (χ4v) is 3.65. The lowest BCUT2D eigenvalue weighted by Gasteiger charge is -2.12. The molecule has 1 rings (SSSR count). The van der Waals surface area contributed by atoms with E-state index in [2.05, 4.69) is 4.72 Å². The molecule has 0 aliphatic carbocycles. The lowest BCUT2D eigenvalue weighted by atomic mass is 10.2. The van der Waals surface area contributed by atoms with Crippen LogP contribution >= 0.6 is 23.2 Å². The van der Waals surface area contributed by atoms with Gasteiger partial charge in [-0.1, -0.05) is 36.5 Å². The van der Waals surface area contributed by atoms with E-state index in [0.29, 0.717) is 12.8 Å². The Labute approximate surface area is 131 Å². The third kappa shape index (κ3) is 4.04. The number of nitro benzene ring substituents is 1. The minimum absolute atomic E-state index is 0.269. The molecule has 0 aliphatic rings. The highest BCUT2D eigenvalue weighted by molar-refractivity contribution is 7.89. The van der Waals surface area contributed by atoms with Gasteiger partial charge in [-0.3, -0.25) is 10.1 Å². The number of hydrogen-bond donors (Lipinski definition) is 1. The predicted octanol–water partition coefficient (Wildman–Crippen LogP) is 2.87. The van der Waals surface area contributed by atoms with Gasteiger partial charge in [0.2, 0.25) is 10.0 Å². The first-order chi connectivity index (χ1) is 9.74. The van der Waals surface area contributed by atoms with Crippen molar-refractivity contribution in [3.05, 3.63) is 32.3 Å². The average Bonchev–Trinajstić information content (AvgIpc) is 2.37. The number of hydrogen-bond acceptors (Lipinski definition) is 5. The molecule has 114 valence electrons. The Balaban J connectivity index is 3.31. The van der Waals surface area contributed by atoms with Crippen LogP contribution in [0.4, 0.5) is 5.69 Å². The molecule has 0 saturated heterocycles. The number of nitriles is 1. The van der Waals surface area contributed by atoms with Crippen molar-refractivity contribution in [1.82, 2.24) is 4.72 Å². The molecule has 10 heteroatoms. The zero-order chi connectivity index (χ0) is 16.2. The second-order valence-electron chi connectivity index (χ2n) is 4.06. The van der Waals surface area contributed by atoms with E-state index in [0.717, 1.165) is 12.1 Å². The summed E-state index contributed by atoms with van der Waals surface area (Å²) in [6.45, 7) is 1.79. The van der Waals surface area contributed by atoms with Crippen LogP contribution in [0.1, 0.15) is 19.8 Å². The Morgan fingerprint density at radius 3 is 2.57 bits per heavy atom. The summed E-state index contributed by atoms with van der Waals surface area (Å²) in [5, 5.41) is 18.9. The number of nitrogens with zero attached hydrogens (tertiary/aromatic N) is 2. The van der Waals surface area contributed by atoms with Crippen molar-refractivity contribution in [3.63, 3.8) is 0 Å². The van der Waals surface area contributed by atoms with Gasteiger partial charge in [0.25, 0.3) is 0 Å². The summed E-state index contributed by atoms with van der Waals surface area (Å²) in [5.41, 5.74) is -0.690. The molecule has 0 saturated carbocycles.